The summed E-state index contributed by atoms with van der Waals surface area (Å²) in [4.78, 5) is 24.4. The number of rotatable bonds is 5. The third-order valence-corrected chi connectivity index (χ3v) is 4.67. The summed E-state index contributed by atoms with van der Waals surface area (Å²) in [5, 5.41) is 3.04. The Morgan fingerprint density at radius 2 is 1.83 bits per heavy atom. The molecule has 120 valence electrons. The molecule has 23 heavy (non-hydrogen) atoms. The van der Waals surface area contributed by atoms with Gasteiger partial charge in [0.25, 0.3) is 5.91 Å². The van der Waals surface area contributed by atoms with Crippen molar-refractivity contribution in [3.05, 3.63) is 68.3 Å². The largest absolute Gasteiger partial charge is 0.467 e. The number of halogens is 2. The van der Waals surface area contributed by atoms with E-state index < -0.39 is 17.9 Å². The van der Waals surface area contributed by atoms with Crippen LogP contribution in [-0.4, -0.2) is 25.0 Å². The Balaban J connectivity index is 2.20. The van der Waals surface area contributed by atoms with Gasteiger partial charge in [-0.1, -0.05) is 41.9 Å². The molecule has 0 radical (unpaired) electrons. The van der Waals surface area contributed by atoms with Gasteiger partial charge in [-0.15, -0.1) is 0 Å². The molecule has 4 nitrogen and oxygen atoms in total. The molecule has 0 fully saturated rings. The topological polar surface area (TPSA) is 55.4 Å². The fourth-order valence-electron chi connectivity index (χ4n) is 2.10. The van der Waals surface area contributed by atoms with Gasteiger partial charge in [-0.2, -0.15) is 0 Å². The number of benzene rings is 2. The Bertz CT molecular complexity index is 720. The van der Waals surface area contributed by atoms with Crippen molar-refractivity contribution >= 4 is 46.1 Å². The average Bonchev–Trinajstić information content (AvgIpc) is 2.55. The second kappa shape index (κ2) is 8.31. The van der Waals surface area contributed by atoms with Crippen LogP contribution >= 0.6 is 34.2 Å². The smallest absolute Gasteiger partial charge is 0.328 e. The van der Waals surface area contributed by atoms with E-state index in [-0.39, 0.29) is 0 Å². The Morgan fingerprint density at radius 1 is 1.17 bits per heavy atom. The van der Waals surface area contributed by atoms with Crippen molar-refractivity contribution < 1.29 is 14.3 Å². The lowest BCUT2D eigenvalue weighted by molar-refractivity contribution is -0.142. The van der Waals surface area contributed by atoms with Crippen LogP contribution in [0, 0.1) is 3.57 Å². The van der Waals surface area contributed by atoms with Gasteiger partial charge in [-0.3, -0.25) is 4.79 Å². The second-order valence-corrected chi connectivity index (χ2v) is 6.39. The van der Waals surface area contributed by atoms with Gasteiger partial charge in [0.15, 0.2) is 0 Å². The molecule has 0 aromatic heterocycles. The van der Waals surface area contributed by atoms with Crippen molar-refractivity contribution in [3.8, 4) is 0 Å². The van der Waals surface area contributed by atoms with Crippen molar-refractivity contribution in [2.45, 2.75) is 12.5 Å². The third kappa shape index (κ3) is 4.68. The molecular formula is C17H15ClINO3. The number of nitrogens with one attached hydrogen (secondary N) is 1. The molecule has 2 rings (SSSR count). The molecule has 1 amide bonds. The number of amides is 1. The van der Waals surface area contributed by atoms with E-state index in [9.17, 15) is 9.59 Å². The minimum atomic E-state index is -0.778. The lowest BCUT2D eigenvalue weighted by Gasteiger charge is -2.17. The van der Waals surface area contributed by atoms with Crippen molar-refractivity contribution in [3.63, 3.8) is 0 Å². The lowest BCUT2D eigenvalue weighted by atomic mass is 10.1. The molecule has 0 saturated carbocycles. The summed E-state index contributed by atoms with van der Waals surface area (Å²) < 4.78 is 5.82. The van der Waals surface area contributed by atoms with Gasteiger partial charge in [-0.05, 0) is 46.4 Å². The number of carbonyl (C=O) groups is 2. The molecule has 0 bridgehead atoms. The molecule has 0 heterocycles. The van der Waals surface area contributed by atoms with Crippen LogP contribution in [0.2, 0.25) is 5.02 Å². The minimum Gasteiger partial charge on any atom is -0.467 e. The van der Waals surface area contributed by atoms with Gasteiger partial charge in [0.1, 0.15) is 6.04 Å². The predicted molar refractivity (Wildman–Crippen MR) is 97.6 cm³/mol. The molecule has 1 N–H and O–H groups in total. The molecule has 0 aliphatic carbocycles. The van der Waals surface area contributed by atoms with E-state index in [1.165, 1.54) is 7.11 Å². The fourth-order valence-corrected chi connectivity index (χ4v) is 2.93. The molecule has 1 atom stereocenters. The summed E-state index contributed by atoms with van der Waals surface area (Å²) in [6, 6.07) is 13.6. The molecule has 0 aliphatic rings. The van der Waals surface area contributed by atoms with E-state index in [2.05, 4.69) is 27.9 Å². The number of carbonyl (C=O) groups excluding carboxylic acids is 2. The Kier molecular flexibility index (Phi) is 6.41. The molecule has 0 aliphatic heterocycles. The van der Waals surface area contributed by atoms with Gasteiger partial charge in [0, 0.05) is 9.99 Å². The zero-order valence-electron chi connectivity index (χ0n) is 12.4. The van der Waals surface area contributed by atoms with Crippen molar-refractivity contribution in [2.75, 3.05) is 7.11 Å². The van der Waals surface area contributed by atoms with E-state index in [0.717, 1.165) is 9.13 Å². The van der Waals surface area contributed by atoms with E-state index in [4.69, 9.17) is 16.3 Å². The Hall–Kier alpha value is -1.60. The van der Waals surface area contributed by atoms with Crippen LogP contribution in [0.25, 0.3) is 0 Å². The number of ether oxygens (including phenoxy) is 1. The molecule has 0 unspecified atom stereocenters. The number of hydrogen-bond donors (Lipinski definition) is 1. The highest BCUT2D eigenvalue weighted by Crippen LogP contribution is 2.17. The van der Waals surface area contributed by atoms with Crippen molar-refractivity contribution in [2.24, 2.45) is 0 Å². The van der Waals surface area contributed by atoms with Crippen molar-refractivity contribution in [1.29, 1.82) is 0 Å². The van der Waals surface area contributed by atoms with Gasteiger partial charge in [0.05, 0.1) is 17.7 Å². The Morgan fingerprint density at radius 3 is 2.48 bits per heavy atom. The molecular weight excluding hydrogens is 429 g/mol. The predicted octanol–water partition coefficient (Wildman–Crippen LogP) is 3.46. The van der Waals surface area contributed by atoms with Crippen molar-refractivity contribution in [1.82, 2.24) is 5.32 Å². The monoisotopic (exact) mass is 443 g/mol. The summed E-state index contributed by atoms with van der Waals surface area (Å²) >= 11 is 8.22. The van der Waals surface area contributed by atoms with Crippen LogP contribution in [0.4, 0.5) is 0 Å². The Labute approximate surface area is 153 Å². The zero-order chi connectivity index (χ0) is 16.8. The maximum absolute atomic E-state index is 12.4. The van der Waals surface area contributed by atoms with E-state index in [0.29, 0.717) is 17.0 Å². The highest BCUT2D eigenvalue weighted by Gasteiger charge is 2.24. The first kappa shape index (κ1) is 17.7. The van der Waals surface area contributed by atoms with E-state index in [1.807, 2.05) is 24.3 Å². The van der Waals surface area contributed by atoms with Crippen LogP contribution in [-0.2, 0) is 16.0 Å². The lowest BCUT2D eigenvalue weighted by Crippen LogP contribution is -2.43. The minimum absolute atomic E-state index is 0.325. The van der Waals surface area contributed by atoms with E-state index in [1.54, 1.807) is 24.3 Å². The van der Waals surface area contributed by atoms with Gasteiger partial charge in [-0.25, -0.2) is 4.79 Å². The van der Waals surface area contributed by atoms with Gasteiger partial charge in [0.2, 0.25) is 0 Å². The first-order valence-corrected chi connectivity index (χ1v) is 8.35. The summed E-state index contributed by atoms with van der Waals surface area (Å²) in [5.41, 5.74) is 1.29. The normalized spacial score (nSPS) is 11.6. The van der Waals surface area contributed by atoms with Gasteiger partial charge >= 0.3 is 5.97 Å². The molecule has 0 spiro atoms. The average molecular weight is 444 g/mol. The number of hydrogen-bond acceptors (Lipinski definition) is 3. The van der Waals surface area contributed by atoms with Crippen LogP contribution < -0.4 is 5.32 Å². The molecule has 6 heteroatoms. The molecule has 2 aromatic carbocycles. The highest BCUT2D eigenvalue weighted by atomic mass is 127. The number of methoxy groups -OCH3 is 1. The first-order chi connectivity index (χ1) is 11.0. The summed E-state index contributed by atoms with van der Waals surface area (Å²) in [6.07, 6.45) is 0.349. The maximum Gasteiger partial charge on any atom is 0.328 e. The molecule has 2 aromatic rings. The quantitative estimate of drug-likeness (QED) is 0.569. The first-order valence-electron chi connectivity index (χ1n) is 6.89. The van der Waals surface area contributed by atoms with Gasteiger partial charge < -0.3 is 10.1 Å². The fraction of sp³-hybridized carbons (Fsp3) is 0.176. The van der Waals surface area contributed by atoms with E-state index >= 15 is 0 Å². The summed E-state index contributed by atoms with van der Waals surface area (Å²) in [5.74, 6) is -0.901. The van der Waals surface area contributed by atoms with Crippen LogP contribution in [0.15, 0.2) is 48.5 Å². The standard InChI is InChI=1S/C17H15ClINO3/c1-23-17(22)15(10-11-6-2-5-9-14(11)19)20-16(21)12-7-3-4-8-13(12)18/h2-9,15H,10H2,1H3,(H,20,21)/t15-/m0/s1. The maximum atomic E-state index is 12.4. The SMILES string of the molecule is COC(=O)[C@H](Cc1ccccc1I)NC(=O)c1ccccc1Cl. The van der Waals surface area contributed by atoms with Crippen LogP contribution in [0.3, 0.4) is 0 Å². The summed E-state index contributed by atoms with van der Waals surface area (Å²) in [7, 11) is 1.30. The van der Waals surface area contributed by atoms with Crippen LogP contribution in [0.1, 0.15) is 15.9 Å². The second-order valence-electron chi connectivity index (χ2n) is 4.82. The summed E-state index contributed by atoms with van der Waals surface area (Å²) in [6.45, 7) is 0. The molecule has 0 saturated heterocycles. The highest BCUT2D eigenvalue weighted by molar-refractivity contribution is 14.1. The number of esters is 1. The third-order valence-electron chi connectivity index (χ3n) is 3.29. The zero-order valence-corrected chi connectivity index (χ0v) is 15.3. The van der Waals surface area contributed by atoms with Crippen LogP contribution in [0.5, 0.6) is 0 Å².